The standard InChI is InChI=1S/C14H10ClF3N6/c15-11-5-12(23-13(19)22-11)21-9-6-20-24(7-9)10-3-1-2-8(4-10)14(16,17)18/h1-7H,(H3,19,21,22,23). The number of rotatable bonds is 3. The smallest absolute Gasteiger partial charge is 0.368 e. The molecule has 0 atom stereocenters. The van der Waals surface area contributed by atoms with Crippen molar-refractivity contribution < 1.29 is 13.2 Å². The number of alkyl halides is 3. The molecule has 0 radical (unpaired) electrons. The zero-order chi connectivity index (χ0) is 17.3. The summed E-state index contributed by atoms with van der Waals surface area (Å²) < 4.78 is 39.6. The van der Waals surface area contributed by atoms with Crippen molar-refractivity contribution in [1.29, 1.82) is 0 Å². The number of aromatic nitrogens is 4. The number of nitrogens with one attached hydrogen (secondary N) is 1. The van der Waals surface area contributed by atoms with Crippen molar-refractivity contribution >= 4 is 29.1 Å². The van der Waals surface area contributed by atoms with Crippen LogP contribution in [0.5, 0.6) is 0 Å². The van der Waals surface area contributed by atoms with E-state index in [1.807, 2.05) is 0 Å². The van der Waals surface area contributed by atoms with Gasteiger partial charge in [-0.3, -0.25) is 0 Å². The number of anilines is 3. The number of hydrogen-bond acceptors (Lipinski definition) is 5. The Balaban J connectivity index is 1.86. The Hall–Kier alpha value is -2.81. The molecule has 10 heteroatoms. The van der Waals surface area contributed by atoms with Crippen molar-refractivity contribution in [3.8, 4) is 5.69 Å². The Morgan fingerprint density at radius 3 is 2.67 bits per heavy atom. The van der Waals surface area contributed by atoms with E-state index >= 15 is 0 Å². The maximum absolute atomic E-state index is 12.8. The Labute approximate surface area is 139 Å². The zero-order valence-corrected chi connectivity index (χ0v) is 12.7. The van der Waals surface area contributed by atoms with Crippen LogP contribution in [-0.2, 0) is 6.18 Å². The predicted molar refractivity (Wildman–Crippen MR) is 83.3 cm³/mol. The highest BCUT2D eigenvalue weighted by Crippen LogP contribution is 2.30. The number of hydrogen-bond donors (Lipinski definition) is 2. The van der Waals surface area contributed by atoms with Crippen molar-refractivity contribution in [3.63, 3.8) is 0 Å². The summed E-state index contributed by atoms with van der Waals surface area (Å²) in [6.45, 7) is 0. The Morgan fingerprint density at radius 2 is 1.96 bits per heavy atom. The topological polar surface area (TPSA) is 81.6 Å². The van der Waals surface area contributed by atoms with Crippen molar-refractivity contribution in [2.24, 2.45) is 0 Å². The van der Waals surface area contributed by atoms with Crippen LogP contribution < -0.4 is 11.1 Å². The molecule has 0 aliphatic rings. The molecular formula is C14H10ClF3N6. The van der Waals surface area contributed by atoms with Gasteiger partial charge in [-0.1, -0.05) is 17.7 Å². The van der Waals surface area contributed by atoms with E-state index in [4.69, 9.17) is 17.3 Å². The van der Waals surface area contributed by atoms with Crippen molar-refractivity contribution in [3.05, 3.63) is 53.4 Å². The molecule has 2 aromatic heterocycles. The Bertz CT molecular complexity index is 857. The SMILES string of the molecule is Nc1nc(Cl)cc(Nc2cnn(-c3cccc(C(F)(F)F)c3)c2)n1. The highest BCUT2D eigenvalue weighted by Gasteiger charge is 2.30. The fraction of sp³-hybridized carbons (Fsp3) is 0.0714. The summed E-state index contributed by atoms with van der Waals surface area (Å²) in [6.07, 6.45) is -1.46. The molecule has 0 spiro atoms. The number of benzene rings is 1. The lowest BCUT2D eigenvalue weighted by atomic mass is 10.2. The second-order valence-electron chi connectivity index (χ2n) is 4.78. The minimum absolute atomic E-state index is 0.00438. The minimum atomic E-state index is -4.42. The van der Waals surface area contributed by atoms with Crippen molar-refractivity contribution in [1.82, 2.24) is 19.7 Å². The van der Waals surface area contributed by atoms with Gasteiger partial charge < -0.3 is 11.1 Å². The molecule has 6 nitrogen and oxygen atoms in total. The van der Waals surface area contributed by atoms with Gasteiger partial charge in [-0.05, 0) is 18.2 Å². The Kier molecular flexibility index (Phi) is 4.02. The van der Waals surface area contributed by atoms with Crippen LogP contribution >= 0.6 is 11.6 Å². The van der Waals surface area contributed by atoms with Gasteiger partial charge in [0.2, 0.25) is 5.95 Å². The van der Waals surface area contributed by atoms with Gasteiger partial charge in [-0.2, -0.15) is 23.3 Å². The molecule has 3 N–H and O–H groups in total. The molecule has 0 amide bonds. The first-order valence-corrected chi connectivity index (χ1v) is 6.98. The Morgan fingerprint density at radius 1 is 1.17 bits per heavy atom. The first-order chi connectivity index (χ1) is 11.3. The lowest BCUT2D eigenvalue weighted by Gasteiger charge is -2.08. The van der Waals surface area contributed by atoms with Gasteiger partial charge in [0.15, 0.2) is 0 Å². The largest absolute Gasteiger partial charge is 0.416 e. The monoisotopic (exact) mass is 354 g/mol. The average molecular weight is 355 g/mol. The molecule has 24 heavy (non-hydrogen) atoms. The average Bonchev–Trinajstić information content (AvgIpc) is 2.94. The van der Waals surface area contributed by atoms with E-state index in [2.05, 4.69) is 20.4 Å². The molecule has 0 aliphatic carbocycles. The van der Waals surface area contributed by atoms with Gasteiger partial charge in [0.05, 0.1) is 29.3 Å². The molecule has 3 rings (SSSR count). The third-order valence-electron chi connectivity index (χ3n) is 3.01. The summed E-state index contributed by atoms with van der Waals surface area (Å²) in [7, 11) is 0. The maximum Gasteiger partial charge on any atom is 0.416 e. The lowest BCUT2D eigenvalue weighted by Crippen LogP contribution is -2.06. The molecule has 0 saturated heterocycles. The highest BCUT2D eigenvalue weighted by molar-refractivity contribution is 6.29. The maximum atomic E-state index is 12.8. The van der Waals surface area contributed by atoms with E-state index in [-0.39, 0.29) is 16.8 Å². The molecular weight excluding hydrogens is 345 g/mol. The van der Waals surface area contributed by atoms with Crippen LogP contribution in [0.3, 0.4) is 0 Å². The number of halogens is 4. The van der Waals surface area contributed by atoms with E-state index in [1.165, 1.54) is 35.3 Å². The molecule has 0 saturated carbocycles. The molecule has 1 aromatic carbocycles. The van der Waals surface area contributed by atoms with Gasteiger partial charge in [0.25, 0.3) is 0 Å². The molecule has 124 valence electrons. The van der Waals surface area contributed by atoms with Crippen molar-refractivity contribution in [2.45, 2.75) is 6.18 Å². The summed E-state index contributed by atoms with van der Waals surface area (Å²) in [5, 5.41) is 7.09. The van der Waals surface area contributed by atoms with E-state index in [9.17, 15) is 13.2 Å². The van der Waals surface area contributed by atoms with E-state index < -0.39 is 11.7 Å². The first-order valence-electron chi connectivity index (χ1n) is 6.61. The molecule has 2 heterocycles. The fourth-order valence-electron chi connectivity index (χ4n) is 2.00. The minimum Gasteiger partial charge on any atom is -0.368 e. The zero-order valence-electron chi connectivity index (χ0n) is 11.9. The van der Waals surface area contributed by atoms with Crippen LogP contribution in [0.4, 0.5) is 30.6 Å². The lowest BCUT2D eigenvalue weighted by molar-refractivity contribution is -0.137. The third kappa shape index (κ3) is 3.57. The quantitative estimate of drug-likeness (QED) is 0.701. The molecule has 3 aromatic rings. The van der Waals surface area contributed by atoms with Crippen LogP contribution in [0.25, 0.3) is 5.69 Å². The van der Waals surface area contributed by atoms with Crippen molar-refractivity contribution in [2.75, 3.05) is 11.1 Å². The van der Waals surface area contributed by atoms with Gasteiger partial charge >= 0.3 is 6.18 Å². The van der Waals surface area contributed by atoms with Gasteiger partial charge in [0, 0.05) is 6.07 Å². The third-order valence-corrected chi connectivity index (χ3v) is 3.20. The number of nitrogens with two attached hydrogens (primary N) is 1. The number of nitrogens with zero attached hydrogens (tertiary/aromatic N) is 4. The number of nitrogen functional groups attached to an aromatic ring is 1. The summed E-state index contributed by atoms with van der Waals surface area (Å²) >= 11 is 5.78. The summed E-state index contributed by atoms with van der Waals surface area (Å²) in [6, 6.07) is 6.30. The molecule has 0 bridgehead atoms. The molecule has 0 aliphatic heterocycles. The second kappa shape index (κ2) is 6.00. The summed E-state index contributed by atoms with van der Waals surface area (Å²) in [5.74, 6) is 0.339. The summed E-state index contributed by atoms with van der Waals surface area (Å²) in [5.41, 5.74) is 5.52. The van der Waals surface area contributed by atoms with E-state index in [0.717, 1.165) is 12.1 Å². The van der Waals surface area contributed by atoms with Crippen LogP contribution in [0, 0.1) is 0 Å². The van der Waals surface area contributed by atoms with Crippen LogP contribution in [0.2, 0.25) is 5.15 Å². The molecule has 0 fully saturated rings. The van der Waals surface area contributed by atoms with Gasteiger partial charge in [0.1, 0.15) is 11.0 Å². The fourth-order valence-corrected chi connectivity index (χ4v) is 2.19. The van der Waals surface area contributed by atoms with Crippen LogP contribution in [-0.4, -0.2) is 19.7 Å². The normalized spacial score (nSPS) is 11.5. The van der Waals surface area contributed by atoms with Crippen LogP contribution in [0.1, 0.15) is 5.56 Å². The predicted octanol–water partition coefficient (Wildman–Crippen LogP) is 3.66. The van der Waals surface area contributed by atoms with E-state index in [0.29, 0.717) is 11.5 Å². The van der Waals surface area contributed by atoms with E-state index in [1.54, 1.807) is 0 Å². The highest BCUT2D eigenvalue weighted by atomic mass is 35.5. The first kappa shape index (κ1) is 16.1. The van der Waals surface area contributed by atoms with Crippen LogP contribution in [0.15, 0.2) is 42.7 Å². The van der Waals surface area contributed by atoms with Gasteiger partial charge in [-0.15, -0.1) is 0 Å². The summed E-state index contributed by atoms with van der Waals surface area (Å²) in [4.78, 5) is 7.67. The molecule has 0 unspecified atom stereocenters. The van der Waals surface area contributed by atoms with Gasteiger partial charge in [-0.25, -0.2) is 9.67 Å². The second-order valence-corrected chi connectivity index (χ2v) is 5.17.